The third kappa shape index (κ3) is 2.78. The first-order valence-corrected chi connectivity index (χ1v) is 5.73. The normalized spacial score (nSPS) is 12.2. The van der Waals surface area contributed by atoms with Crippen molar-refractivity contribution in [2.24, 2.45) is 5.73 Å². The topological polar surface area (TPSA) is 35.2 Å². The first-order valence-electron chi connectivity index (χ1n) is 5.35. The average Bonchev–Trinajstić information content (AvgIpc) is 2.38. The van der Waals surface area contributed by atoms with Crippen LogP contribution in [0, 0.1) is 0 Å². The Hall–Kier alpha value is -1.51. The third-order valence-electron chi connectivity index (χ3n) is 2.66. The van der Waals surface area contributed by atoms with E-state index in [1.807, 2.05) is 48.5 Å². The van der Waals surface area contributed by atoms with Crippen LogP contribution in [-0.2, 0) is 0 Å². The van der Waals surface area contributed by atoms with Gasteiger partial charge in [0.25, 0.3) is 0 Å². The van der Waals surface area contributed by atoms with E-state index in [2.05, 4.69) is 0 Å². The molecule has 0 spiro atoms. The van der Waals surface area contributed by atoms with Crippen molar-refractivity contribution in [2.75, 3.05) is 7.11 Å². The van der Waals surface area contributed by atoms with Crippen LogP contribution in [0.1, 0.15) is 17.2 Å². The lowest BCUT2D eigenvalue weighted by Crippen LogP contribution is -2.11. The van der Waals surface area contributed by atoms with Crippen LogP contribution in [0.3, 0.4) is 0 Å². The number of hydrogen-bond acceptors (Lipinski definition) is 2. The average molecular weight is 248 g/mol. The maximum Gasteiger partial charge on any atom is 0.119 e. The maximum atomic E-state index is 6.19. The zero-order valence-electron chi connectivity index (χ0n) is 9.56. The molecule has 2 rings (SSSR count). The molecule has 1 unspecified atom stereocenters. The van der Waals surface area contributed by atoms with Crippen LogP contribution in [0.2, 0.25) is 5.02 Å². The summed E-state index contributed by atoms with van der Waals surface area (Å²) in [6.07, 6.45) is 0. The van der Waals surface area contributed by atoms with E-state index in [4.69, 9.17) is 22.1 Å². The Morgan fingerprint density at radius 3 is 2.35 bits per heavy atom. The molecule has 0 amide bonds. The Balaban J connectivity index is 2.33. The predicted molar refractivity (Wildman–Crippen MR) is 70.5 cm³/mol. The van der Waals surface area contributed by atoms with E-state index in [9.17, 15) is 0 Å². The molecule has 0 fully saturated rings. The van der Waals surface area contributed by atoms with Crippen LogP contribution < -0.4 is 10.5 Å². The van der Waals surface area contributed by atoms with Gasteiger partial charge in [0.15, 0.2) is 0 Å². The van der Waals surface area contributed by atoms with Gasteiger partial charge in [0.05, 0.1) is 13.2 Å². The van der Waals surface area contributed by atoms with Gasteiger partial charge in [0.2, 0.25) is 0 Å². The minimum absolute atomic E-state index is 0.191. The highest BCUT2D eigenvalue weighted by Gasteiger charge is 2.09. The Morgan fingerprint density at radius 2 is 1.71 bits per heavy atom. The number of halogens is 1. The molecular formula is C14H14ClNO. The number of hydrogen-bond donors (Lipinski definition) is 1. The Morgan fingerprint density at radius 1 is 1.06 bits per heavy atom. The molecule has 88 valence electrons. The first-order chi connectivity index (χ1) is 8.20. The molecule has 2 aromatic rings. The second-order valence-corrected chi connectivity index (χ2v) is 4.25. The molecule has 1 atom stereocenters. The van der Waals surface area contributed by atoms with Gasteiger partial charge in [-0.15, -0.1) is 0 Å². The van der Waals surface area contributed by atoms with E-state index in [1.165, 1.54) is 0 Å². The lowest BCUT2D eigenvalue weighted by atomic mass is 9.99. The van der Waals surface area contributed by atoms with Crippen molar-refractivity contribution >= 4 is 11.6 Å². The molecule has 0 radical (unpaired) electrons. The number of nitrogens with two attached hydrogens (primary N) is 1. The van der Waals surface area contributed by atoms with Gasteiger partial charge < -0.3 is 10.5 Å². The minimum Gasteiger partial charge on any atom is -0.497 e. The summed E-state index contributed by atoms with van der Waals surface area (Å²) in [4.78, 5) is 0. The summed E-state index contributed by atoms with van der Waals surface area (Å²) in [6.45, 7) is 0. The van der Waals surface area contributed by atoms with Crippen molar-refractivity contribution in [3.8, 4) is 5.75 Å². The minimum atomic E-state index is -0.191. The molecule has 2 nitrogen and oxygen atoms in total. The summed E-state index contributed by atoms with van der Waals surface area (Å²) in [5, 5.41) is 0.695. The summed E-state index contributed by atoms with van der Waals surface area (Å²) in [5.41, 5.74) is 8.19. The fraction of sp³-hybridized carbons (Fsp3) is 0.143. The summed E-state index contributed by atoms with van der Waals surface area (Å²) in [6, 6.07) is 15.1. The SMILES string of the molecule is COc1cccc(C(N)c2cccc(Cl)c2)c1. The molecule has 0 aliphatic carbocycles. The van der Waals surface area contributed by atoms with Gasteiger partial charge in [-0.05, 0) is 35.4 Å². The van der Waals surface area contributed by atoms with Crippen LogP contribution in [0.15, 0.2) is 48.5 Å². The van der Waals surface area contributed by atoms with Gasteiger partial charge in [-0.3, -0.25) is 0 Å². The summed E-state index contributed by atoms with van der Waals surface area (Å²) >= 11 is 5.95. The van der Waals surface area contributed by atoms with Gasteiger partial charge in [-0.1, -0.05) is 35.9 Å². The van der Waals surface area contributed by atoms with Crippen LogP contribution >= 0.6 is 11.6 Å². The van der Waals surface area contributed by atoms with Crippen LogP contribution in [-0.4, -0.2) is 7.11 Å². The van der Waals surface area contributed by atoms with Crippen molar-refractivity contribution in [1.29, 1.82) is 0 Å². The fourth-order valence-corrected chi connectivity index (χ4v) is 1.93. The van der Waals surface area contributed by atoms with E-state index in [1.54, 1.807) is 7.11 Å². The molecule has 0 aromatic heterocycles. The van der Waals surface area contributed by atoms with E-state index in [0.717, 1.165) is 16.9 Å². The standard InChI is InChI=1S/C14H14ClNO/c1-17-13-7-3-5-11(9-13)14(16)10-4-2-6-12(15)8-10/h2-9,14H,16H2,1H3. The molecule has 0 saturated heterocycles. The fourth-order valence-electron chi connectivity index (χ4n) is 1.73. The summed E-state index contributed by atoms with van der Waals surface area (Å²) in [7, 11) is 1.64. The zero-order chi connectivity index (χ0) is 12.3. The first kappa shape index (κ1) is 12.0. The second kappa shape index (κ2) is 5.21. The number of methoxy groups -OCH3 is 1. The summed E-state index contributed by atoms with van der Waals surface area (Å²) < 4.78 is 5.18. The van der Waals surface area contributed by atoms with Gasteiger partial charge in [0, 0.05) is 5.02 Å². The van der Waals surface area contributed by atoms with Gasteiger partial charge in [0.1, 0.15) is 5.75 Å². The third-order valence-corrected chi connectivity index (χ3v) is 2.90. The number of benzene rings is 2. The predicted octanol–water partition coefficient (Wildman–Crippen LogP) is 3.40. The highest BCUT2D eigenvalue weighted by molar-refractivity contribution is 6.30. The lowest BCUT2D eigenvalue weighted by Gasteiger charge is -2.13. The van der Waals surface area contributed by atoms with E-state index in [0.29, 0.717) is 5.02 Å². The van der Waals surface area contributed by atoms with Crippen molar-refractivity contribution < 1.29 is 4.74 Å². The van der Waals surface area contributed by atoms with Gasteiger partial charge in [-0.25, -0.2) is 0 Å². The molecule has 0 aliphatic rings. The molecule has 0 saturated carbocycles. The molecule has 0 aliphatic heterocycles. The van der Waals surface area contributed by atoms with Gasteiger partial charge >= 0.3 is 0 Å². The van der Waals surface area contributed by atoms with E-state index < -0.39 is 0 Å². The van der Waals surface area contributed by atoms with Crippen LogP contribution in [0.25, 0.3) is 0 Å². The largest absolute Gasteiger partial charge is 0.497 e. The van der Waals surface area contributed by atoms with Gasteiger partial charge in [-0.2, -0.15) is 0 Å². The zero-order valence-corrected chi connectivity index (χ0v) is 10.3. The van der Waals surface area contributed by atoms with Crippen molar-refractivity contribution in [3.05, 3.63) is 64.7 Å². The highest BCUT2D eigenvalue weighted by Crippen LogP contribution is 2.24. The lowest BCUT2D eigenvalue weighted by molar-refractivity contribution is 0.414. The quantitative estimate of drug-likeness (QED) is 0.902. The van der Waals surface area contributed by atoms with Crippen molar-refractivity contribution in [3.63, 3.8) is 0 Å². The van der Waals surface area contributed by atoms with Crippen molar-refractivity contribution in [1.82, 2.24) is 0 Å². The van der Waals surface area contributed by atoms with Crippen LogP contribution in [0.5, 0.6) is 5.75 Å². The molecule has 2 N–H and O–H groups in total. The maximum absolute atomic E-state index is 6.19. The smallest absolute Gasteiger partial charge is 0.119 e. The van der Waals surface area contributed by atoms with Crippen LogP contribution in [0.4, 0.5) is 0 Å². The second-order valence-electron chi connectivity index (χ2n) is 3.81. The molecule has 0 bridgehead atoms. The Bertz CT molecular complexity index is 513. The summed E-state index contributed by atoms with van der Waals surface area (Å²) in [5.74, 6) is 0.806. The molecule has 0 heterocycles. The molecule has 17 heavy (non-hydrogen) atoms. The highest BCUT2D eigenvalue weighted by atomic mass is 35.5. The van der Waals surface area contributed by atoms with E-state index >= 15 is 0 Å². The number of rotatable bonds is 3. The molecular weight excluding hydrogens is 234 g/mol. The number of ether oxygens (including phenoxy) is 1. The van der Waals surface area contributed by atoms with E-state index in [-0.39, 0.29) is 6.04 Å². The van der Waals surface area contributed by atoms with Crippen molar-refractivity contribution in [2.45, 2.75) is 6.04 Å². The molecule has 3 heteroatoms. The molecule has 2 aromatic carbocycles. The Kier molecular flexibility index (Phi) is 3.67. The Labute approximate surface area is 106 Å². The monoisotopic (exact) mass is 247 g/mol.